The first kappa shape index (κ1) is 16.7. The van der Waals surface area contributed by atoms with Crippen molar-refractivity contribution in [2.75, 3.05) is 0 Å². The van der Waals surface area contributed by atoms with Crippen molar-refractivity contribution in [1.29, 1.82) is 0 Å². The summed E-state index contributed by atoms with van der Waals surface area (Å²) in [6.45, 7) is 4.39. The molecular weight excluding hydrogens is 280 g/mol. The van der Waals surface area contributed by atoms with Gasteiger partial charge in [0.2, 0.25) is 0 Å². The molecule has 0 aromatic heterocycles. The van der Waals surface area contributed by atoms with Crippen LogP contribution in [0.5, 0.6) is 0 Å². The molecule has 2 aliphatic carbocycles. The average Bonchev–Trinajstić information content (AvgIpc) is 2.56. The predicted molar refractivity (Wildman–Crippen MR) is 96.6 cm³/mol. The summed E-state index contributed by atoms with van der Waals surface area (Å²) in [6, 6.07) is 9.09. The summed E-state index contributed by atoms with van der Waals surface area (Å²) in [5.41, 5.74) is 2.85. The third-order valence-electron chi connectivity index (χ3n) is 6.38. The van der Waals surface area contributed by atoms with Crippen LogP contribution in [0, 0.1) is 24.7 Å². The zero-order valence-corrected chi connectivity index (χ0v) is 14.9. The lowest BCUT2D eigenvalue weighted by molar-refractivity contribution is -0.128. The SMILES string of the molecule is CCCC1CCC(C2CCC(c3ccc(C)cc3)CC2)C(=O)C1. The molecule has 0 aliphatic heterocycles. The minimum Gasteiger partial charge on any atom is -0.299 e. The van der Waals surface area contributed by atoms with E-state index in [1.165, 1.54) is 62.5 Å². The molecule has 3 rings (SSSR count). The fourth-order valence-corrected chi connectivity index (χ4v) is 4.96. The lowest BCUT2D eigenvalue weighted by Gasteiger charge is -2.37. The fraction of sp³-hybridized carbons (Fsp3) is 0.682. The molecule has 2 unspecified atom stereocenters. The Morgan fingerprint density at radius 3 is 2.26 bits per heavy atom. The molecule has 1 aromatic rings. The number of benzene rings is 1. The van der Waals surface area contributed by atoms with E-state index in [1.54, 1.807) is 0 Å². The Balaban J connectivity index is 1.53. The van der Waals surface area contributed by atoms with Crippen molar-refractivity contribution in [3.05, 3.63) is 35.4 Å². The number of hydrogen-bond acceptors (Lipinski definition) is 1. The maximum Gasteiger partial charge on any atom is 0.136 e. The molecule has 2 atom stereocenters. The van der Waals surface area contributed by atoms with Gasteiger partial charge in [-0.2, -0.15) is 0 Å². The Kier molecular flexibility index (Phi) is 5.56. The van der Waals surface area contributed by atoms with Crippen LogP contribution in [0.1, 0.15) is 81.8 Å². The maximum atomic E-state index is 12.6. The molecule has 1 aromatic carbocycles. The lowest BCUT2D eigenvalue weighted by Crippen LogP contribution is -2.32. The van der Waals surface area contributed by atoms with Crippen molar-refractivity contribution in [1.82, 2.24) is 0 Å². The monoisotopic (exact) mass is 312 g/mol. The van der Waals surface area contributed by atoms with E-state index in [0.717, 1.165) is 12.3 Å². The van der Waals surface area contributed by atoms with Gasteiger partial charge in [0.25, 0.3) is 0 Å². The number of rotatable bonds is 4. The van der Waals surface area contributed by atoms with E-state index in [0.29, 0.717) is 23.5 Å². The first-order valence-electron chi connectivity index (χ1n) is 9.76. The zero-order chi connectivity index (χ0) is 16.2. The second kappa shape index (κ2) is 7.64. The quantitative estimate of drug-likeness (QED) is 0.661. The van der Waals surface area contributed by atoms with E-state index in [9.17, 15) is 4.79 Å². The van der Waals surface area contributed by atoms with Crippen LogP contribution in [0.25, 0.3) is 0 Å². The summed E-state index contributed by atoms with van der Waals surface area (Å²) < 4.78 is 0. The van der Waals surface area contributed by atoms with Gasteiger partial charge in [0.15, 0.2) is 0 Å². The summed E-state index contributed by atoms with van der Waals surface area (Å²) in [5.74, 6) is 3.06. The van der Waals surface area contributed by atoms with Crippen LogP contribution in [0.15, 0.2) is 24.3 Å². The molecule has 0 heterocycles. The highest BCUT2D eigenvalue weighted by molar-refractivity contribution is 5.82. The van der Waals surface area contributed by atoms with E-state index >= 15 is 0 Å². The number of hydrogen-bond donors (Lipinski definition) is 0. The largest absolute Gasteiger partial charge is 0.299 e. The smallest absolute Gasteiger partial charge is 0.136 e. The van der Waals surface area contributed by atoms with Gasteiger partial charge in [-0.15, -0.1) is 0 Å². The lowest BCUT2D eigenvalue weighted by atomic mass is 9.67. The van der Waals surface area contributed by atoms with Crippen molar-refractivity contribution >= 4 is 5.78 Å². The van der Waals surface area contributed by atoms with Crippen LogP contribution in [0.2, 0.25) is 0 Å². The molecule has 0 spiro atoms. The van der Waals surface area contributed by atoms with Crippen molar-refractivity contribution in [2.45, 2.75) is 77.6 Å². The minimum absolute atomic E-state index is 0.391. The molecule has 2 saturated carbocycles. The highest BCUT2D eigenvalue weighted by Crippen LogP contribution is 2.43. The van der Waals surface area contributed by atoms with Gasteiger partial charge in [-0.3, -0.25) is 4.79 Å². The van der Waals surface area contributed by atoms with E-state index in [2.05, 4.69) is 38.1 Å². The second-order valence-corrected chi connectivity index (χ2v) is 8.03. The van der Waals surface area contributed by atoms with Gasteiger partial charge in [0.1, 0.15) is 5.78 Å². The van der Waals surface area contributed by atoms with Gasteiger partial charge in [-0.1, -0.05) is 49.6 Å². The van der Waals surface area contributed by atoms with Gasteiger partial charge < -0.3 is 0 Å². The van der Waals surface area contributed by atoms with Crippen LogP contribution >= 0.6 is 0 Å². The summed E-state index contributed by atoms with van der Waals surface area (Å²) in [5, 5.41) is 0. The Morgan fingerprint density at radius 1 is 0.957 bits per heavy atom. The second-order valence-electron chi connectivity index (χ2n) is 8.03. The zero-order valence-electron chi connectivity index (χ0n) is 14.9. The van der Waals surface area contributed by atoms with Gasteiger partial charge in [-0.05, 0) is 68.8 Å². The first-order valence-corrected chi connectivity index (χ1v) is 9.76. The molecule has 23 heavy (non-hydrogen) atoms. The Labute approximate surface area is 141 Å². The van der Waals surface area contributed by atoms with E-state index in [4.69, 9.17) is 0 Å². The topological polar surface area (TPSA) is 17.1 Å². The molecule has 2 fully saturated rings. The van der Waals surface area contributed by atoms with Gasteiger partial charge in [-0.25, -0.2) is 0 Å². The molecule has 2 aliphatic rings. The molecule has 0 amide bonds. The molecule has 0 N–H and O–H groups in total. The maximum absolute atomic E-state index is 12.6. The molecule has 0 radical (unpaired) electrons. The first-order chi connectivity index (χ1) is 11.2. The van der Waals surface area contributed by atoms with Gasteiger partial charge >= 0.3 is 0 Å². The third kappa shape index (κ3) is 4.05. The number of Topliss-reactive ketones (excluding diaryl/α,β-unsaturated/α-hetero) is 1. The van der Waals surface area contributed by atoms with Crippen molar-refractivity contribution in [2.24, 2.45) is 17.8 Å². The average molecular weight is 312 g/mol. The van der Waals surface area contributed by atoms with E-state index in [-0.39, 0.29) is 0 Å². The summed E-state index contributed by atoms with van der Waals surface area (Å²) in [7, 11) is 0. The van der Waals surface area contributed by atoms with Crippen LogP contribution in [0.4, 0.5) is 0 Å². The highest BCUT2D eigenvalue weighted by atomic mass is 16.1. The van der Waals surface area contributed by atoms with Crippen LogP contribution in [0.3, 0.4) is 0 Å². The Bertz CT molecular complexity index is 507. The summed E-state index contributed by atoms with van der Waals surface area (Å²) in [6.07, 6.45) is 10.9. The van der Waals surface area contributed by atoms with E-state index in [1.807, 2.05) is 0 Å². The van der Waals surface area contributed by atoms with Crippen LogP contribution in [-0.4, -0.2) is 5.78 Å². The number of carbonyl (C=O) groups is 1. The number of ketones is 1. The highest BCUT2D eigenvalue weighted by Gasteiger charge is 2.35. The summed E-state index contributed by atoms with van der Waals surface area (Å²) in [4.78, 5) is 12.6. The number of carbonyl (C=O) groups excluding carboxylic acids is 1. The third-order valence-corrected chi connectivity index (χ3v) is 6.38. The number of aryl methyl sites for hydroxylation is 1. The Hall–Kier alpha value is -1.11. The molecule has 0 saturated heterocycles. The fourth-order valence-electron chi connectivity index (χ4n) is 4.96. The van der Waals surface area contributed by atoms with Gasteiger partial charge in [0.05, 0.1) is 0 Å². The van der Waals surface area contributed by atoms with Crippen LogP contribution < -0.4 is 0 Å². The molecule has 126 valence electrons. The van der Waals surface area contributed by atoms with Crippen molar-refractivity contribution < 1.29 is 4.79 Å². The minimum atomic E-state index is 0.391. The normalized spacial score (nSPS) is 32.0. The molecule has 0 bridgehead atoms. The van der Waals surface area contributed by atoms with E-state index < -0.39 is 0 Å². The molecular formula is C22H32O. The molecule has 1 nitrogen and oxygen atoms in total. The Morgan fingerprint density at radius 2 is 1.65 bits per heavy atom. The van der Waals surface area contributed by atoms with Crippen molar-refractivity contribution in [3.8, 4) is 0 Å². The standard InChI is InChI=1S/C22H32O/c1-3-4-17-7-14-21(22(23)15-17)20-12-10-19(11-13-20)18-8-5-16(2)6-9-18/h5-6,8-9,17,19-21H,3-4,7,10-15H2,1-2H3. The summed E-state index contributed by atoms with van der Waals surface area (Å²) >= 11 is 0. The van der Waals surface area contributed by atoms with Gasteiger partial charge in [0, 0.05) is 12.3 Å². The predicted octanol–water partition coefficient (Wildman–Crippen LogP) is 6.05. The van der Waals surface area contributed by atoms with Crippen molar-refractivity contribution in [3.63, 3.8) is 0 Å². The van der Waals surface area contributed by atoms with Crippen LogP contribution in [-0.2, 0) is 4.79 Å². The molecule has 1 heteroatoms.